The highest BCUT2D eigenvalue weighted by Crippen LogP contribution is 2.35. The first-order valence-corrected chi connectivity index (χ1v) is 9.58. The number of carbonyl (C=O) groups excluding carboxylic acids is 1. The maximum atomic E-state index is 13.1. The van der Waals surface area contributed by atoms with Crippen molar-refractivity contribution in [3.63, 3.8) is 0 Å². The fourth-order valence-electron chi connectivity index (χ4n) is 2.96. The molecule has 1 amide bonds. The molecule has 148 valence electrons. The number of nitriles is 1. The SMILES string of the molecule is Cc1cc(C)c2cc(C#N)c(SCC(=O)Nc3ccccc3C(F)(F)F)nc2c1. The van der Waals surface area contributed by atoms with Crippen LogP contribution >= 0.6 is 11.8 Å². The topological polar surface area (TPSA) is 65.8 Å². The van der Waals surface area contributed by atoms with Crippen LogP contribution in [0.5, 0.6) is 0 Å². The van der Waals surface area contributed by atoms with Crippen LogP contribution in [0.2, 0.25) is 0 Å². The minimum Gasteiger partial charge on any atom is -0.325 e. The van der Waals surface area contributed by atoms with Crippen molar-refractivity contribution in [2.75, 3.05) is 11.1 Å². The first-order valence-electron chi connectivity index (χ1n) is 8.60. The number of hydrogen-bond donors (Lipinski definition) is 1. The van der Waals surface area contributed by atoms with Crippen molar-refractivity contribution in [3.05, 3.63) is 64.7 Å². The van der Waals surface area contributed by atoms with Crippen LogP contribution in [0.1, 0.15) is 22.3 Å². The molecule has 0 radical (unpaired) electrons. The Morgan fingerprint density at radius 2 is 1.93 bits per heavy atom. The fraction of sp³-hybridized carbons (Fsp3) is 0.190. The van der Waals surface area contributed by atoms with Gasteiger partial charge in [0.05, 0.1) is 28.1 Å². The van der Waals surface area contributed by atoms with Crippen LogP contribution in [0.25, 0.3) is 10.9 Å². The second kappa shape index (κ2) is 8.13. The summed E-state index contributed by atoms with van der Waals surface area (Å²) in [5, 5.41) is 12.9. The van der Waals surface area contributed by atoms with Gasteiger partial charge in [0.25, 0.3) is 0 Å². The van der Waals surface area contributed by atoms with E-state index >= 15 is 0 Å². The lowest BCUT2D eigenvalue weighted by Gasteiger charge is -2.13. The number of benzene rings is 2. The summed E-state index contributed by atoms with van der Waals surface area (Å²) < 4.78 is 39.2. The van der Waals surface area contributed by atoms with Crippen LogP contribution in [0.3, 0.4) is 0 Å². The average Bonchev–Trinajstić information content (AvgIpc) is 2.65. The molecule has 1 heterocycles. The van der Waals surface area contributed by atoms with Crippen molar-refractivity contribution in [2.45, 2.75) is 25.0 Å². The van der Waals surface area contributed by atoms with E-state index < -0.39 is 17.6 Å². The van der Waals surface area contributed by atoms with Crippen LogP contribution in [0, 0.1) is 25.2 Å². The quantitative estimate of drug-likeness (QED) is 0.574. The molecule has 0 bridgehead atoms. The molecule has 0 aliphatic rings. The number of aryl methyl sites for hydroxylation is 2. The summed E-state index contributed by atoms with van der Waals surface area (Å²) in [4.78, 5) is 16.7. The normalized spacial score (nSPS) is 11.3. The maximum Gasteiger partial charge on any atom is 0.418 e. The number of nitrogens with one attached hydrogen (secondary N) is 1. The highest BCUT2D eigenvalue weighted by Gasteiger charge is 2.33. The standard InChI is InChI=1S/C21H16F3N3OS/c1-12-7-13(2)15-9-14(10-25)20(27-18(15)8-12)29-11-19(28)26-17-6-4-3-5-16(17)21(22,23)24/h3-9H,11H2,1-2H3,(H,26,28). The monoisotopic (exact) mass is 415 g/mol. The van der Waals surface area contributed by atoms with Gasteiger partial charge in [-0.3, -0.25) is 4.79 Å². The van der Waals surface area contributed by atoms with E-state index in [1.54, 1.807) is 6.07 Å². The lowest BCUT2D eigenvalue weighted by Crippen LogP contribution is -2.18. The molecule has 29 heavy (non-hydrogen) atoms. The number of carbonyl (C=O) groups is 1. The van der Waals surface area contributed by atoms with E-state index in [-0.39, 0.29) is 11.4 Å². The Balaban J connectivity index is 1.81. The minimum atomic E-state index is -4.57. The number of fused-ring (bicyclic) bond motifs is 1. The largest absolute Gasteiger partial charge is 0.418 e. The number of nitrogens with zero attached hydrogens (tertiary/aromatic N) is 2. The molecular weight excluding hydrogens is 399 g/mol. The molecule has 0 spiro atoms. The molecule has 0 aliphatic carbocycles. The summed E-state index contributed by atoms with van der Waals surface area (Å²) in [6.45, 7) is 3.86. The first kappa shape index (κ1) is 20.7. The molecule has 1 aromatic heterocycles. The van der Waals surface area contributed by atoms with Gasteiger partial charge in [-0.1, -0.05) is 30.0 Å². The van der Waals surface area contributed by atoms with Gasteiger partial charge in [0.2, 0.25) is 5.91 Å². The van der Waals surface area contributed by atoms with Crippen molar-refractivity contribution in [3.8, 4) is 6.07 Å². The number of aromatic nitrogens is 1. The molecule has 8 heteroatoms. The smallest absolute Gasteiger partial charge is 0.325 e. The number of amides is 1. The second-order valence-electron chi connectivity index (χ2n) is 6.48. The summed E-state index contributed by atoms with van der Waals surface area (Å²) in [6.07, 6.45) is -4.57. The number of alkyl halides is 3. The zero-order valence-corrected chi connectivity index (χ0v) is 16.4. The third kappa shape index (κ3) is 4.69. The molecule has 4 nitrogen and oxygen atoms in total. The Morgan fingerprint density at radius 1 is 1.21 bits per heavy atom. The molecule has 0 saturated heterocycles. The zero-order chi connectivity index (χ0) is 21.2. The lowest BCUT2D eigenvalue weighted by atomic mass is 10.1. The molecule has 3 rings (SSSR count). The fourth-order valence-corrected chi connectivity index (χ4v) is 3.72. The van der Waals surface area contributed by atoms with E-state index in [1.807, 2.05) is 26.0 Å². The van der Waals surface area contributed by atoms with Gasteiger partial charge >= 0.3 is 6.18 Å². The first-order chi connectivity index (χ1) is 13.7. The molecule has 0 atom stereocenters. The van der Waals surface area contributed by atoms with Crippen LogP contribution in [0.15, 0.2) is 47.5 Å². The number of hydrogen-bond acceptors (Lipinski definition) is 4. The van der Waals surface area contributed by atoms with Crippen molar-refractivity contribution < 1.29 is 18.0 Å². The number of rotatable bonds is 4. The molecule has 0 unspecified atom stereocenters. The van der Waals surface area contributed by atoms with Crippen LogP contribution in [0.4, 0.5) is 18.9 Å². The number of anilines is 1. The lowest BCUT2D eigenvalue weighted by molar-refractivity contribution is -0.137. The van der Waals surface area contributed by atoms with E-state index in [9.17, 15) is 23.2 Å². The van der Waals surface area contributed by atoms with Gasteiger partial charge in [-0.25, -0.2) is 4.98 Å². The van der Waals surface area contributed by atoms with Gasteiger partial charge in [0.15, 0.2) is 0 Å². The van der Waals surface area contributed by atoms with Crippen molar-refractivity contribution in [1.29, 1.82) is 5.26 Å². The number of halogens is 3. The highest BCUT2D eigenvalue weighted by molar-refractivity contribution is 8.00. The van der Waals surface area contributed by atoms with E-state index in [4.69, 9.17) is 0 Å². The Labute approximate surface area is 169 Å². The Morgan fingerprint density at radius 3 is 2.62 bits per heavy atom. The third-order valence-corrected chi connectivity index (χ3v) is 5.21. The number of pyridine rings is 1. The van der Waals surface area contributed by atoms with Crippen LogP contribution in [-0.2, 0) is 11.0 Å². The van der Waals surface area contributed by atoms with Crippen LogP contribution in [-0.4, -0.2) is 16.6 Å². The minimum absolute atomic E-state index is 0.176. The summed E-state index contributed by atoms with van der Waals surface area (Å²) in [5.74, 6) is -0.789. The van der Waals surface area contributed by atoms with Gasteiger partial charge in [-0.05, 0) is 49.2 Å². The number of para-hydroxylation sites is 1. The van der Waals surface area contributed by atoms with E-state index in [0.717, 1.165) is 34.3 Å². The van der Waals surface area contributed by atoms with Crippen LogP contribution < -0.4 is 5.32 Å². The van der Waals surface area contributed by atoms with Crippen molar-refractivity contribution >= 4 is 34.3 Å². The molecule has 1 N–H and O–H groups in total. The Kier molecular flexibility index (Phi) is 5.80. The summed E-state index contributed by atoms with van der Waals surface area (Å²) in [5.41, 5.74) is 1.81. The van der Waals surface area contributed by atoms with Gasteiger partial charge in [-0.2, -0.15) is 18.4 Å². The maximum absolute atomic E-state index is 13.1. The number of thioether (sulfide) groups is 1. The summed E-state index contributed by atoms with van der Waals surface area (Å²) in [7, 11) is 0. The Hall–Kier alpha value is -3.05. The van der Waals surface area contributed by atoms with Crippen molar-refractivity contribution in [2.24, 2.45) is 0 Å². The molecule has 0 fully saturated rings. The van der Waals surface area contributed by atoms with Gasteiger partial charge in [0, 0.05) is 5.39 Å². The molecule has 0 saturated carbocycles. The third-order valence-electron chi connectivity index (χ3n) is 4.22. The zero-order valence-electron chi connectivity index (χ0n) is 15.6. The van der Waals surface area contributed by atoms with E-state index in [1.165, 1.54) is 18.2 Å². The molecule has 3 aromatic rings. The van der Waals surface area contributed by atoms with Gasteiger partial charge in [-0.15, -0.1) is 0 Å². The van der Waals surface area contributed by atoms with Crippen molar-refractivity contribution in [1.82, 2.24) is 4.98 Å². The molecular formula is C21H16F3N3OS. The Bertz CT molecular complexity index is 1140. The molecule has 0 aliphatic heterocycles. The predicted octanol–water partition coefficient (Wildman–Crippen LogP) is 5.47. The van der Waals surface area contributed by atoms with Gasteiger partial charge in [0.1, 0.15) is 11.1 Å². The van der Waals surface area contributed by atoms with E-state index in [0.29, 0.717) is 16.1 Å². The van der Waals surface area contributed by atoms with Gasteiger partial charge < -0.3 is 5.32 Å². The summed E-state index contributed by atoms with van der Waals surface area (Å²) >= 11 is 1.01. The predicted molar refractivity (Wildman–Crippen MR) is 107 cm³/mol. The van der Waals surface area contributed by atoms with E-state index in [2.05, 4.69) is 16.4 Å². The highest BCUT2D eigenvalue weighted by atomic mass is 32.2. The molecule has 2 aromatic carbocycles. The second-order valence-corrected chi connectivity index (χ2v) is 7.45. The average molecular weight is 415 g/mol. The summed E-state index contributed by atoms with van der Waals surface area (Å²) in [6, 6.07) is 12.4.